The number of carboxylic acid groups (broad SMARTS) is 1. The Morgan fingerprint density at radius 1 is 1.15 bits per heavy atom. The van der Waals surface area contributed by atoms with E-state index in [-0.39, 0.29) is 22.0 Å². The van der Waals surface area contributed by atoms with Crippen LogP contribution in [0.2, 0.25) is 0 Å². The molecular weight excluding hydrogens is 449 g/mol. The molecule has 1 aliphatic heterocycles. The molecule has 33 heavy (non-hydrogen) atoms. The molecule has 172 valence electrons. The number of carbonyl (C=O) groups excluding carboxylic acids is 1. The lowest BCUT2D eigenvalue weighted by Crippen LogP contribution is -2.48. The van der Waals surface area contributed by atoms with E-state index in [1.165, 1.54) is 24.1 Å². The molecule has 1 saturated heterocycles. The molecule has 9 nitrogen and oxygen atoms in total. The number of thiazole rings is 1. The van der Waals surface area contributed by atoms with Gasteiger partial charge in [-0.05, 0) is 42.5 Å². The van der Waals surface area contributed by atoms with Crippen LogP contribution in [-0.2, 0) is 0 Å². The summed E-state index contributed by atoms with van der Waals surface area (Å²) in [6, 6.07) is 11.6. The highest BCUT2D eigenvalue weighted by atomic mass is 32.1. The van der Waals surface area contributed by atoms with Crippen molar-refractivity contribution in [3.63, 3.8) is 0 Å². The first-order chi connectivity index (χ1) is 15.9. The maximum Gasteiger partial charge on any atom is 0.407 e. The number of nitrogens with zero attached hydrogens (tertiary/aromatic N) is 3. The molecule has 0 saturated carbocycles. The van der Waals surface area contributed by atoms with Gasteiger partial charge in [-0.15, -0.1) is 0 Å². The molecule has 1 aliphatic rings. The Morgan fingerprint density at radius 3 is 2.45 bits per heavy atom. The number of nitrogen functional groups attached to an aromatic ring is 1. The highest BCUT2D eigenvalue weighted by Gasteiger charge is 2.21. The van der Waals surface area contributed by atoms with Gasteiger partial charge in [0.05, 0.1) is 7.11 Å². The molecule has 1 fully saturated rings. The van der Waals surface area contributed by atoms with E-state index in [9.17, 15) is 14.0 Å². The Hall–Kier alpha value is -3.86. The maximum absolute atomic E-state index is 14.0. The molecule has 4 rings (SSSR count). The van der Waals surface area contributed by atoms with Gasteiger partial charge < -0.3 is 30.7 Å². The van der Waals surface area contributed by atoms with Crippen molar-refractivity contribution in [2.75, 3.05) is 49.2 Å². The van der Waals surface area contributed by atoms with E-state index in [1.54, 1.807) is 0 Å². The van der Waals surface area contributed by atoms with Gasteiger partial charge in [-0.1, -0.05) is 11.3 Å². The molecule has 0 radical (unpaired) electrons. The van der Waals surface area contributed by atoms with Crippen LogP contribution >= 0.6 is 11.3 Å². The minimum Gasteiger partial charge on any atom is -0.494 e. The second-order valence-electron chi connectivity index (χ2n) is 7.34. The van der Waals surface area contributed by atoms with Crippen molar-refractivity contribution < 1.29 is 23.8 Å². The number of aromatic nitrogens is 1. The standard InChI is InChI=1S/C22H22FN5O4S/c1-32-17-7-2-13(12-16(17)23)18(29)19-20(24)26-21(33-19)25-14-3-5-15(6-4-14)27-8-10-28(11-9-27)22(30)31/h2-7,12H,8-11,24H2,1H3,(H,25,26)(H,30,31). The summed E-state index contributed by atoms with van der Waals surface area (Å²) < 4.78 is 18.9. The summed E-state index contributed by atoms with van der Waals surface area (Å²) in [5.41, 5.74) is 7.85. The minimum absolute atomic E-state index is 0.0541. The number of methoxy groups -OCH3 is 1. The second-order valence-corrected chi connectivity index (χ2v) is 8.34. The van der Waals surface area contributed by atoms with Crippen LogP contribution in [0.3, 0.4) is 0 Å². The number of benzene rings is 2. The van der Waals surface area contributed by atoms with Crippen molar-refractivity contribution in [2.45, 2.75) is 0 Å². The third-order valence-electron chi connectivity index (χ3n) is 5.31. The number of hydrogen-bond donors (Lipinski definition) is 3. The smallest absolute Gasteiger partial charge is 0.407 e. The maximum atomic E-state index is 14.0. The van der Waals surface area contributed by atoms with Crippen LogP contribution in [0.1, 0.15) is 15.2 Å². The topological polar surface area (TPSA) is 121 Å². The number of hydrogen-bond acceptors (Lipinski definition) is 8. The lowest BCUT2D eigenvalue weighted by Gasteiger charge is -2.34. The Balaban J connectivity index is 1.43. The van der Waals surface area contributed by atoms with E-state index < -0.39 is 17.7 Å². The van der Waals surface area contributed by atoms with Gasteiger partial charge in [0.25, 0.3) is 0 Å². The predicted molar refractivity (Wildman–Crippen MR) is 124 cm³/mol. The van der Waals surface area contributed by atoms with Crippen molar-refractivity contribution in [3.05, 3.63) is 58.7 Å². The van der Waals surface area contributed by atoms with Crippen molar-refractivity contribution in [1.29, 1.82) is 0 Å². The monoisotopic (exact) mass is 471 g/mol. The average molecular weight is 472 g/mol. The fraction of sp³-hybridized carbons (Fsp3) is 0.227. The van der Waals surface area contributed by atoms with E-state index in [2.05, 4.69) is 15.2 Å². The van der Waals surface area contributed by atoms with Gasteiger partial charge in [-0.2, -0.15) is 0 Å². The molecule has 1 aromatic heterocycles. The number of carbonyl (C=O) groups is 2. The Kier molecular flexibility index (Phi) is 6.31. The molecular formula is C22H22FN5O4S. The summed E-state index contributed by atoms with van der Waals surface area (Å²) >= 11 is 1.09. The zero-order valence-electron chi connectivity index (χ0n) is 17.7. The highest BCUT2D eigenvalue weighted by Crippen LogP contribution is 2.31. The summed E-state index contributed by atoms with van der Waals surface area (Å²) in [5.74, 6) is -0.931. The molecule has 0 spiro atoms. The van der Waals surface area contributed by atoms with E-state index >= 15 is 0 Å². The van der Waals surface area contributed by atoms with Crippen LogP contribution in [0.4, 0.5) is 31.5 Å². The largest absolute Gasteiger partial charge is 0.494 e. The van der Waals surface area contributed by atoms with Gasteiger partial charge in [0.15, 0.2) is 16.7 Å². The third kappa shape index (κ3) is 4.82. The Bertz CT molecular complexity index is 1180. The molecule has 1 amide bonds. The van der Waals surface area contributed by atoms with E-state index in [1.807, 2.05) is 24.3 Å². The quantitative estimate of drug-likeness (QED) is 0.466. The number of halogens is 1. The van der Waals surface area contributed by atoms with Crippen LogP contribution in [-0.4, -0.2) is 60.2 Å². The number of piperazine rings is 1. The fourth-order valence-electron chi connectivity index (χ4n) is 3.52. The van der Waals surface area contributed by atoms with Gasteiger partial charge in [-0.25, -0.2) is 14.2 Å². The highest BCUT2D eigenvalue weighted by molar-refractivity contribution is 7.18. The third-order valence-corrected chi connectivity index (χ3v) is 6.29. The van der Waals surface area contributed by atoms with E-state index in [0.717, 1.165) is 28.8 Å². The van der Waals surface area contributed by atoms with Crippen molar-refractivity contribution in [2.24, 2.45) is 0 Å². The average Bonchev–Trinajstić information content (AvgIpc) is 3.18. The zero-order valence-corrected chi connectivity index (χ0v) is 18.6. The van der Waals surface area contributed by atoms with Gasteiger partial charge in [0.2, 0.25) is 5.78 Å². The van der Waals surface area contributed by atoms with E-state index in [4.69, 9.17) is 15.6 Å². The number of nitrogens with one attached hydrogen (secondary N) is 1. The van der Waals surface area contributed by atoms with Crippen LogP contribution in [0.5, 0.6) is 5.75 Å². The normalized spacial score (nSPS) is 13.6. The van der Waals surface area contributed by atoms with Crippen molar-refractivity contribution in [3.8, 4) is 5.75 Å². The molecule has 0 atom stereocenters. The summed E-state index contributed by atoms with van der Waals surface area (Å²) in [5, 5.41) is 12.6. The number of amides is 1. The van der Waals surface area contributed by atoms with Gasteiger partial charge in [-0.3, -0.25) is 4.79 Å². The molecule has 0 unspecified atom stereocenters. The van der Waals surface area contributed by atoms with E-state index in [0.29, 0.717) is 31.3 Å². The number of ketones is 1. The molecule has 2 aromatic carbocycles. The first-order valence-corrected chi connectivity index (χ1v) is 10.9. The van der Waals surface area contributed by atoms with Gasteiger partial charge >= 0.3 is 6.09 Å². The molecule has 4 N–H and O–H groups in total. The summed E-state index contributed by atoms with van der Waals surface area (Å²) in [6.07, 6.45) is -0.896. The van der Waals surface area contributed by atoms with Crippen molar-refractivity contribution in [1.82, 2.24) is 9.88 Å². The number of rotatable bonds is 6. The summed E-state index contributed by atoms with van der Waals surface area (Å²) in [6.45, 7) is 2.17. The molecule has 2 heterocycles. The molecule has 11 heteroatoms. The second kappa shape index (κ2) is 9.33. The summed E-state index contributed by atoms with van der Waals surface area (Å²) in [7, 11) is 1.35. The first-order valence-electron chi connectivity index (χ1n) is 10.1. The Morgan fingerprint density at radius 2 is 1.85 bits per heavy atom. The molecule has 0 aliphatic carbocycles. The molecule has 3 aromatic rings. The van der Waals surface area contributed by atoms with Crippen LogP contribution in [0.25, 0.3) is 0 Å². The lowest BCUT2D eigenvalue weighted by atomic mass is 10.1. The number of ether oxygens (including phenoxy) is 1. The number of nitrogens with two attached hydrogens (primary N) is 1. The van der Waals surface area contributed by atoms with Crippen LogP contribution in [0.15, 0.2) is 42.5 Å². The fourth-order valence-corrected chi connectivity index (χ4v) is 4.39. The number of anilines is 4. The predicted octanol–water partition coefficient (Wildman–Crippen LogP) is 3.65. The zero-order chi connectivity index (χ0) is 23.5. The van der Waals surface area contributed by atoms with Gasteiger partial charge in [0, 0.05) is 43.1 Å². The minimum atomic E-state index is -0.896. The van der Waals surface area contributed by atoms with Crippen molar-refractivity contribution >= 4 is 45.5 Å². The first kappa shape index (κ1) is 22.3. The SMILES string of the molecule is COc1ccc(C(=O)c2sc(Nc3ccc(N4CCN(C(=O)O)CC4)cc3)nc2N)cc1F. The van der Waals surface area contributed by atoms with Crippen LogP contribution in [0, 0.1) is 5.82 Å². The Labute approximate surface area is 193 Å². The van der Waals surface area contributed by atoms with Crippen LogP contribution < -0.4 is 20.7 Å². The lowest BCUT2D eigenvalue weighted by molar-refractivity contribution is 0.104. The molecule has 0 bridgehead atoms. The van der Waals surface area contributed by atoms with Gasteiger partial charge in [0.1, 0.15) is 10.7 Å². The summed E-state index contributed by atoms with van der Waals surface area (Å²) in [4.78, 5) is 31.8.